The minimum Gasteiger partial charge on any atom is -0.361 e. The highest BCUT2D eigenvalue weighted by Crippen LogP contribution is 2.30. The summed E-state index contributed by atoms with van der Waals surface area (Å²) in [5, 5.41) is 4.04. The van der Waals surface area contributed by atoms with Crippen LogP contribution < -0.4 is 10.9 Å². The molecule has 0 saturated heterocycles. The van der Waals surface area contributed by atoms with Gasteiger partial charge in [0.2, 0.25) is 0 Å². The van der Waals surface area contributed by atoms with Crippen LogP contribution in [0.15, 0.2) is 83.9 Å². The zero-order chi connectivity index (χ0) is 18.6. The Labute approximate surface area is 156 Å². The number of pyridine rings is 1. The molecule has 0 radical (unpaired) electrons. The summed E-state index contributed by atoms with van der Waals surface area (Å²) in [5.41, 5.74) is 2.99. The lowest BCUT2D eigenvalue weighted by Crippen LogP contribution is -2.32. The molecule has 0 spiro atoms. The molecule has 27 heavy (non-hydrogen) atoms. The minimum atomic E-state index is -0.390. The summed E-state index contributed by atoms with van der Waals surface area (Å²) in [4.78, 5) is 30.2. The standard InChI is InChI=1S/C22H19N3O2/c26-21-17(10-6-12-23-21)22(27)25-13-18(15-7-2-1-3-8-15)19-14-24-20-11-5-4-9-16(19)20/h1-12,14,18,24H,13H2,(H,23,26)(H,25,27)/t18-/m1/s1. The maximum atomic E-state index is 12.5. The van der Waals surface area contributed by atoms with Crippen LogP contribution in [0.2, 0.25) is 0 Å². The third-order valence-electron chi connectivity index (χ3n) is 4.73. The van der Waals surface area contributed by atoms with Gasteiger partial charge in [-0.25, -0.2) is 0 Å². The number of carbonyl (C=O) groups is 1. The van der Waals surface area contributed by atoms with Gasteiger partial charge in [-0.3, -0.25) is 9.59 Å². The van der Waals surface area contributed by atoms with Crippen molar-refractivity contribution >= 4 is 16.8 Å². The summed E-state index contributed by atoms with van der Waals surface area (Å²) in [6.45, 7) is 0.388. The van der Waals surface area contributed by atoms with Crippen molar-refractivity contribution in [1.29, 1.82) is 0 Å². The second-order valence-electron chi connectivity index (χ2n) is 6.38. The summed E-state index contributed by atoms with van der Waals surface area (Å²) in [5.74, 6) is -0.410. The summed E-state index contributed by atoms with van der Waals surface area (Å²) in [7, 11) is 0. The van der Waals surface area contributed by atoms with E-state index < -0.39 is 5.56 Å². The topological polar surface area (TPSA) is 77.8 Å². The molecule has 0 bridgehead atoms. The maximum absolute atomic E-state index is 12.5. The average Bonchev–Trinajstić information content (AvgIpc) is 3.13. The van der Waals surface area contributed by atoms with Crippen molar-refractivity contribution in [3.05, 3.63) is 106 Å². The van der Waals surface area contributed by atoms with E-state index >= 15 is 0 Å². The van der Waals surface area contributed by atoms with E-state index in [1.54, 1.807) is 6.07 Å². The number of benzene rings is 2. The lowest BCUT2D eigenvalue weighted by Gasteiger charge is -2.18. The Balaban J connectivity index is 1.66. The summed E-state index contributed by atoms with van der Waals surface area (Å²) >= 11 is 0. The molecular formula is C22H19N3O2. The number of aromatic nitrogens is 2. The van der Waals surface area contributed by atoms with Gasteiger partial charge in [0.15, 0.2) is 0 Å². The lowest BCUT2D eigenvalue weighted by atomic mass is 9.91. The van der Waals surface area contributed by atoms with Crippen LogP contribution in [0.25, 0.3) is 10.9 Å². The molecule has 0 saturated carbocycles. The van der Waals surface area contributed by atoms with Gasteiger partial charge in [-0.2, -0.15) is 0 Å². The normalized spacial score (nSPS) is 12.0. The Morgan fingerprint density at radius 1 is 0.926 bits per heavy atom. The fourth-order valence-electron chi connectivity index (χ4n) is 3.37. The van der Waals surface area contributed by atoms with Crippen molar-refractivity contribution in [1.82, 2.24) is 15.3 Å². The van der Waals surface area contributed by atoms with Crippen LogP contribution in [0.1, 0.15) is 27.4 Å². The Bertz CT molecular complexity index is 1130. The first-order chi connectivity index (χ1) is 13.2. The van der Waals surface area contributed by atoms with E-state index in [2.05, 4.69) is 21.4 Å². The maximum Gasteiger partial charge on any atom is 0.260 e. The van der Waals surface area contributed by atoms with Gasteiger partial charge in [0.05, 0.1) is 0 Å². The van der Waals surface area contributed by atoms with Crippen LogP contribution >= 0.6 is 0 Å². The van der Waals surface area contributed by atoms with E-state index in [0.29, 0.717) is 6.54 Å². The van der Waals surface area contributed by atoms with Crippen LogP contribution in [0.3, 0.4) is 0 Å². The van der Waals surface area contributed by atoms with Crippen LogP contribution in [0.4, 0.5) is 0 Å². The van der Waals surface area contributed by atoms with Crippen molar-refractivity contribution < 1.29 is 4.79 Å². The molecule has 3 N–H and O–H groups in total. The van der Waals surface area contributed by atoms with Gasteiger partial charge in [-0.15, -0.1) is 0 Å². The molecule has 0 aliphatic rings. The number of rotatable bonds is 5. The zero-order valence-electron chi connectivity index (χ0n) is 14.6. The van der Waals surface area contributed by atoms with Gasteiger partial charge in [-0.05, 0) is 29.3 Å². The number of carbonyl (C=O) groups excluding carboxylic acids is 1. The highest BCUT2D eigenvalue weighted by atomic mass is 16.2. The van der Waals surface area contributed by atoms with Crippen molar-refractivity contribution in [2.75, 3.05) is 6.54 Å². The van der Waals surface area contributed by atoms with Crippen LogP contribution in [-0.4, -0.2) is 22.4 Å². The second-order valence-corrected chi connectivity index (χ2v) is 6.38. The van der Waals surface area contributed by atoms with E-state index in [1.165, 1.54) is 12.3 Å². The Hall–Kier alpha value is -3.60. The number of para-hydroxylation sites is 1. The first-order valence-electron chi connectivity index (χ1n) is 8.81. The molecule has 4 aromatic rings. The van der Waals surface area contributed by atoms with Gasteiger partial charge in [0, 0.05) is 35.8 Å². The molecule has 2 heterocycles. The molecule has 134 valence electrons. The number of aromatic amines is 2. The number of hydrogen-bond donors (Lipinski definition) is 3. The van der Waals surface area contributed by atoms with Gasteiger partial charge in [0.1, 0.15) is 5.56 Å². The van der Waals surface area contributed by atoms with Crippen molar-refractivity contribution in [3.8, 4) is 0 Å². The molecule has 0 unspecified atom stereocenters. The van der Waals surface area contributed by atoms with Crippen molar-refractivity contribution in [2.45, 2.75) is 5.92 Å². The Morgan fingerprint density at radius 3 is 2.52 bits per heavy atom. The summed E-state index contributed by atoms with van der Waals surface area (Å²) < 4.78 is 0. The van der Waals surface area contributed by atoms with Crippen LogP contribution in [-0.2, 0) is 0 Å². The van der Waals surface area contributed by atoms with E-state index in [-0.39, 0.29) is 17.4 Å². The number of hydrogen-bond acceptors (Lipinski definition) is 2. The molecule has 0 fully saturated rings. The van der Waals surface area contributed by atoms with E-state index in [0.717, 1.165) is 22.0 Å². The Morgan fingerprint density at radius 2 is 1.70 bits per heavy atom. The molecule has 4 rings (SSSR count). The molecule has 1 atom stereocenters. The fourth-order valence-corrected chi connectivity index (χ4v) is 3.37. The molecule has 0 aliphatic carbocycles. The van der Waals surface area contributed by atoms with E-state index in [9.17, 15) is 9.59 Å². The third kappa shape index (κ3) is 3.40. The zero-order valence-corrected chi connectivity index (χ0v) is 14.6. The number of nitrogens with one attached hydrogen (secondary N) is 3. The first kappa shape index (κ1) is 16.8. The molecule has 2 aromatic carbocycles. The summed E-state index contributed by atoms with van der Waals surface area (Å²) in [6, 6.07) is 21.3. The quantitative estimate of drug-likeness (QED) is 0.512. The molecule has 1 amide bonds. The predicted octanol–water partition coefficient (Wildman–Crippen LogP) is 3.42. The lowest BCUT2D eigenvalue weighted by molar-refractivity contribution is 0.0951. The van der Waals surface area contributed by atoms with E-state index in [4.69, 9.17) is 0 Å². The molecule has 5 nitrogen and oxygen atoms in total. The minimum absolute atomic E-state index is 0.0332. The number of H-pyrrole nitrogens is 2. The first-order valence-corrected chi connectivity index (χ1v) is 8.81. The monoisotopic (exact) mass is 357 g/mol. The summed E-state index contributed by atoms with van der Waals surface area (Å²) in [6.07, 6.45) is 3.50. The largest absolute Gasteiger partial charge is 0.361 e. The second kappa shape index (κ2) is 7.33. The van der Waals surface area contributed by atoms with Crippen LogP contribution in [0.5, 0.6) is 0 Å². The van der Waals surface area contributed by atoms with E-state index in [1.807, 2.05) is 54.7 Å². The highest BCUT2D eigenvalue weighted by molar-refractivity contribution is 5.94. The fraction of sp³-hybridized carbons (Fsp3) is 0.0909. The molecular weight excluding hydrogens is 338 g/mol. The smallest absolute Gasteiger partial charge is 0.260 e. The van der Waals surface area contributed by atoms with Gasteiger partial charge < -0.3 is 15.3 Å². The number of fused-ring (bicyclic) bond motifs is 1. The number of amides is 1. The molecule has 2 aromatic heterocycles. The predicted molar refractivity (Wildman–Crippen MR) is 106 cm³/mol. The molecule has 5 heteroatoms. The average molecular weight is 357 g/mol. The Kier molecular flexibility index (Phi) is 4.58. The van der Waals surface area contributed by atoms with Gasteiger partial charge >= 0.3 is 0 Å². The van der Waals surface area contributed by atoms with Gasteiger partial charge in [-0.1, -0.05) is 48.5 Å². The SMILES string of the molecule is O=C(NC[C@H](c1ccccc1)c1c[nH]c2ccccc12)c1ccc[nH]c1=O. The third-order valence-corrected chi connectivity index (χ3v) is 4.73. The van der Waals surface area contributed by atoms with Crippen molar-refractivity contribution in [2.24, 2.45) is 0 Å². The van der Waals surface area contributed by atoms with Gasteiger partial charge in [0.25, 0.3) is 11.5 Å². The highest BCUT2D eigenvalue weighted by Gasteiger charge is 2.20. The van der Waals surface area contributed by atoms with Crippen LogP contribution in [0, 0.1) is 0 Å². The molecule has 0 aliphatic heterocycles. The van der Waals surface area contributed by atoms with Crippen molar-refractivity contribution in [3.63, 3.8) is 0 Å².